The second-order valence-corrected chi connectivity index (χ2v) is 9.51. The van der Waals surface area contributed by atoms with Crippen LogP contribution in [0.3, 0.4) is 0 Å². The van der Waals surface area contributed by atoms with E-state index in [0.29, 0.717) is 29.3 Å². The lowest BCUT2D eigenvalue weighted by Crippen LogP contribution is -2.20. The van der Waals surface area contributed by atoms with E-state index >= 15 is 0 Å². The Hall–Kier alpha value is -4.98. The number of hydrogen-bond acceptors (Lipinski definition) is 4. The van der Waals surface area contributed by atoms with Gasteiger partial charge >= 0.3 is 12.1 Å². The zero-order valence-corrected chi connectivity index (χ0v) is 23.8. The van der Waals surface area contributed by atoms with Gasteiger partial charge in [0.15, 0.2) is 0 Å². The number of anilines is 4. The van der Waals surface area contributed by atoms with Crippen molar-refractivity contribution < 1.29 is 19.1 Å². The minimum atomic E-state index is -0.348. The molecule has 212 valence electrons. The van der Waals surface area contributed by atoms with Crippen molar-refractivity contribution in [1.82, 2.24) is 0 Å². The summed E-state index contributed by atoms with van der Waals surface area (Å²) < 4.78 is 11.1. The first-order valence-electron chi connectivity index (χ1n) is 13.6. The lowest BCUT2D eigenvalue weighted by molar-refractivity contribution is 0.261. The fraction of sp³-hybridized carbons (Fsp3) is 0.212. The average molecular weight is 553 g/mol. The maximum atomic E-state index is 12.6. The number of methoxy groups -OCH3 is 2. The predicted molar refractivity (Wildman–Crippen MR) is 166 cm³/mol. The quantitative estimate of drug-likeness (QED) is 0.162. The molecule has 0 spiro atoms. The maximum absolute atomic E-state index is 12.6. The Kier molecular flexibility index (Phi) is 9.83. The molecule has 0 aliphatic rings. The van der Waals surface area contributed by atoms with E-state index in [1.807, 2.05) is 84.9 Å². The normalized spacial score (nSPS) is 10.4. The summed E-state index contributed by atoms with van der Waals surface area (Å²) in [6.07, 6.45) is 2.38. The molecule has 0 saturated carbocycles. The Labute approximate surface area is 241 Å². The molecule has 0 heterocycles. The van der Waals surface area contributed by atoms with E-state index in [4.69, 9.17) is 9.47 Å². The molecule has 41 heavy (non-hydrogen) atoms. The number of nitrogens with one attached hydrogen (secondary N) is 4. The molecule has 0 unspecified atom stereocenters. The lowest BCUT2D eigenvalue weighted by atomic mass is 10.0. The summed E-state index contributed by atoms with van der Waals surface area (Å²) in [7, 11) is 3.14. The van der Waals surface area contributed by atoms with Crippen LogP contribution in [0.2, 0.25) is 0 Å². The van der Waals surface area contributed by atoms with Gasteiger partial charge in [-0.2, -0.15) is 0 Å². The maximum Gasteiger partial charge on any atom is 0.323 e. The molecule has 0 atom stereocenters. The second kappa shape index (κ2) is 13.9. The Morgan fingerprint density at radius 2 is 1.00 bits per heavy atom. The van der Waals surface area contributed by atoms with E-state index in [0.717, 1.165) is 46.5 Å². The van der Waals surface area contributed by atoms with Gasteiger partial charge in [-0.15, -0.1) is 0 Å². The minimum Gasteiger partial charge on any atom is -0.495 e. The van der Waals surface area contributed by atoms with Gasteiger partial charge < -0.3 is 30.7 Å². The Morgan fingerprint density at radius 1 is 0.561 bits per heavy atom. The first-order chi connectivity index (χ1) is 19.9. The molecule has 4 amide bonds. The Balaban J connectivity index is 1.40. The Bertz CT molecular complexity index is 1410. The van der Waals surface area contributed by atoms with Crippen molar-refractivity contribution in [2.24, 2.45) is 0 Å². The fourth-order valence-corrected chi connectivity index (χ4v) is 4.44. The molecule has 4 rings (SSSR count). The summed E-state index contributed by atoms with van der Waals surface area (Å²) in [4.78, 5) is 25.2. The van der Waals surface area contributed by atoms with Gasteiger partial charge in [-0.1, -0.05) is 50.2 Å². The van der Waals surface area contributed by atoms with Crippen LogP contribution in [0.5, 0.6) is 11.5 Å². The highest BCUT2D eigenvalue weighted by atomic mass is 16.5. The van der Waals surface area contributed by atoms with Crippen LogP contribution >= 0.6 is 0 Å². The van der Waals surface area contributed by atoms with Crippen molar-refractivity contribution in [3.63, 3.8) is 0 Å². The summed E-state index contributed by atoms with van der Waals surface area (Å²) >= 11 is 0. The fourth-order valence-electron chi connectivity index (χ4n) is 4.44. The number of hydrogen-bond donors (Lipinski definition) is 4. The van der Waals surface area contributed by atoms with Crippen molar-refractivity contribution >= 4 is 34.8 Å². The second-order valence-electron chi connectivity index (χ2n) is 9.51. The zero-order valence-electron chi connectivity index (χ0n) is 23.8. The van der Waals surface area contributed by atoms with Crippen LogP contribution in [-0.4, -0.2) is 26.3 Å². The smallest absolute Gasteiger partial charge is 0.323 e. The number of benzene rings is 4. The molecule has 4 aromatic carbocycles. The van der Waals surface area contributed by atoms with Crippen LogP contribution in [0.15, 0.2) is 84.9 Å². The standard InChI is InChI=1S/C33H36N4O4/c1-5-22-9-7-11-26(18-22)34-32(38)36-28-15-13-24(20-30(28)40-3)17-25-14-16-29(31(21-25)41-4)37-33(39)35-27-12-8-10-23(6-2)19-27/h7-16,18-21H,5-6,17H2,1-4H3,(H2,34,36,38)(H2,35,37,39). The zero-order chi connectivity index (χ0) is 29.2. The van der Waals surface area contributed by atoms with Crippen LogP contribution < -0.4 is 30.7 Å². The number of amides is 4. The third kappa shape index (κ3) is 8.02. The van der Waals surface area contributed by atoms with Gasteiger partial charge in [0, 0.05) is 11.4 Å². The number of aryl methyl sites for hydroxylation is 2. The topological polar surface area (TPSA) is 101 Å². The lowest BCUT2D eigenvalue weighted by Gasteiger charge is -2.15. The summed E-state index contributed by atoms with van der Waals surface area (Å²) in [5.41, 5.74) is 6.85. The molecule has 0 aliphatic carbocycles. The molecule has 8 nitrogen and oxygen atoms in total. The summed E-state index contributed by atoms with van der Waals surface area (Å²) in [5.74, 6) is 1.10. The average Bonchev–Trinajstić information content (AvgIpc) is 2.98. The number of rotatable bonds is 10. The van der Waals surface area contributed by atoms with Crippen LogP contribution in [0, 0.1) is 0 Å². The van der Waals surface area contributed by atoms with Gasteiger partial charge in [0.05, 0.1) is 25.6 Å². The number of carbonyl (C=O) groups is 2. The first kappa shape index (κ1) is 29.0. The van der Waals surface area contributed by atoms with E-state index < -0.39 is 0 Å². The molecular formula is C33H36N4O4. The monoisotopic (exact) mass is 552 g/mol. The van der Waals surface area contributed by atoms with E-state index in [2.05, 4.69) is 35.1 Å². The number of urea groups is 2. The predicted octanol–water partition coefficient (Wildman–Crippen LogP) is 7.71. The largest absolute Gasteiger partial charge is 0.495 e. The molecule has 0 aromatic heterocycles. The van der Waals surface area contributed by atoms with Gasteiger partial charge in [0.25, 0.3) is 0 Å². The molecule has 8 heteroatoms. The van der Waals surface area contributed by atoms with Gasteiger partial charge in [0.1, 0.15) is 11.5 Å². The summed E-state index contributed by atoms with van der Waals surface area (Å²) in [5, 5.41) is 11.5. The molecular weight excluding hydrogens is 516 g/mol. The molecule has 0 aliphatic heterocycles. The van der Waals surface area contributed by atoms with Crippen molar-refractivity contribution in [2.45, 2.75) is 33.1 Å². The summed E-state index contributed by atoms with van der Waals surface area (Å²) in [6.45, 7) is 4.14. The number of carbonyl (C=O) groups excluding carboxylic acids is 2. The number of ether oxygens (including phenoxy) is 2. The van der Waals surface area contributed by atoms with Gasteiger partial charge in [-0.05, 0) is 90.0 Å². The third-order valence-corrected chi connectivity index (χ3v) is 6.62. The highest BCUT2D eigenvalue weighted by molar-refractivity contribution is 6.01. The van der Waals surface area contributed by atoms with Crippen LogP contribution in [0.4, 0.5) is 32.3 Å². The summed E-state index contributed by atoms with van der Waals surface area (Å²) in [6, 6.07) is 26.1. The van der Waals surface area contributed by atoms with Gasteiger partial charge in [-0.3, -0.25) is 0 Å². The van der Waals surface area contributed by atoms with E-state index in [-0.39, 0.29) is 12.1 Å². The Morgan fingerprint density at radius 3 is 1.39 bits per heavy atom. The van der Waals surface area contributed by atoms with Crippen molar-refractivity contribution in [3.8, 4) is 11.5 Å². The van der Waals surface area contributed by atoms with Crippen LogP contribution in [-0.2, 0) is 19.3 Å². The first-order valence-corrected chi connectivity index (χ1v) is 13.6. The minimum absolute atomic E-state index is 0.348. The van der Waals surface area contributed by atoms with Gasteiger partial charge in [0.2, 0.25) is 0 Å². The molecule has 4 N–H and O–H groups in total. The third-order valence-electron chi connectivity index (χ3n) is 6.62. The van der Waals surface area contributed by atoms with E-state index in [9.17, 15) is 9.59 Å². The molecule has 4 aromatic rings. The molecule has 0 fully saturated rings. The molecule has 0 radical (unpaired) electrons. The van der Waals surface area contributed by atoms with Crippen molar-refractivity contribution in [3.05, 3.63) is 107 Å². The van der Waals surface area contributed by atoms with E-state index in [1.54, 1.807) is 14.2 Å². The molecule has 0 saturated heterocycles. The van der Waals surface area contributed by atoms with Crippen LogP contribution in [0.25, 0.3) is 0 Å². The SMILES string of the molecule is CCc1cccc(NC(=O)Nc2ccc(Cc3ccc(NC(=O)Nc4cccc(CC)c4)c(OC)c3)cc2OC)c1. The highest BCUT2D eigenvalue weighted by Crippen LogP contribution is 2.30. The van der Waals surface area contributed by atoms with Crippen LogP contribution in [0.1, 0.15) is 36.1 Å². The molecule has 0 bridgehead atoms. The van der Waals surface area contributed by atoms with E-state index in [1.165, 1.54) is 0 Å². The highest BCUT2D eigenvalue weighted by Gasteiger charge is 2.12. The van der Waals surface area contributed by atoms with Crippen molar-refractivity contribution in [2.75, 3.05) is 35.5 Å². The van der Waals surface area contributed by atoms with Crippen molar-refractivity contribution in [1.29, 1.82) is 0 Å². The van der Waals surface area contributed by atoms with Gasteiger partial charge in [-0.25, -0.2) is 9.59 Å².